The van der Waals surface area contributed by atoms with Crippen LogP contribution in [0.2, 0.25) is 0 Å². The highest BCUT2D eigenvalue weighted by Crippen LogP contribution is 2.46. The molecule has 0 saturated heterocycles. The zero-order valence-corrected chi connectivity index (χ0v) is 18.8. The maximum absolute atomic E-state index is 13.4. The van der Waals surface area contributed by atoms with E-state index in [1.807, 2.05) is 38.3 Å². The van der Waals surface area contributed by atoms with Gasteiger partial charge in [0.2, 0.25) is 0 Å². The Bertz CT molecular complexity index is 1060. The average molecular weight is 438 g/mol. The van der Waals surface area contributed by atoms with E-state index in [2.05, 4.69) is 11.4 Å². The third-order valence-electron chi connectivity index (χ3n) is 5.74. The maximum atomic E-state index is 13.4. The Morgan fingerprint density at radius 1 is 1.26 bits per heavy atom. The molecule has 2 aliphatic rings. The predicted octanol–water partition coefficient (Wildman–Crippen LogP) is 5.01. The number of thiophene rings is 1. The Hall–Kier alpha value is -2.86. The van der Waals surface area contributed by atoms with E-state index in [-0.39, 0.29) is 23.4 Å². The van der Waals surface area contributed by atoms with Crippen LogP contribution in [0.25, 0.3) is 0 Å². The van der Waals surface area contributed by atoms with E-state index in [9.17, 15) is 14.7 Å². The molecular weight excluding hydrogens is 410 g/mol. The van der Waals surface area contributed by atoms with Gasteiger partial charge in [-0.3, -0.25) is 4.79 Å². The summed E-state index contributed by atoms with van der Waals surface area (Å²) in [6, 6.07) is 10.9. The smallest absolute Gasteiger partial charge is 0.336 e. The number of phenols is 1. The first-order chi connectivity index (χ1) is 14.8. The second-order valence-electron chi connectivity index (χ2n) is 8.62. The zero-order chi connectivity index (χ0) is 22.1. The molecule has 0 bridgehead atoms. The van der Waals surface area contributed by atoms with Crippen LogP contribution in [-0.4, -0.2) is 23.5 Å². The van der Waals surface area contributed by atoms with Crippen LogP contribution in [0.15, 0.2) is 64.3 Å². The number of carbonyl (C=O) groups excluding carboxylic acids is 2. The maximum Gasteiger partial charge on any atom is 0.336 e. The van der Waals surface area contributed by atoms with Crippen LogP contribution < -0.4 is 5.32 Å². The number of allylic oxidation sites excluding steroid dienone is 3. The van der Waals surface area contributed by atoms with Gasteiger partial charge in [0, 0.05) is 40.1 Å². The molecule has 6 heteroatoms. The molecule has 0 amide bonds. The highest BCUT2D eigenvalue weighted by atomic mass is 32.1. The minimum Gasteiger partial charge on any atom is -0.508 e. The lowest BCUT2D eigenvalue weighted by Gasteiger charge is -2.36. The summed E-state index contributed by atoms with van der Waals surface area (Å²) in [6.45, 7) is 6.13. The van der Waals surface area contributed by atoms with Crippen LogP contribution in [0.5, 0.6) is 5.75 Å². The molecule has 2 atom stereocenters. The van der Waals surface area contributed by atoms with Gasteiger partial charge in [0.1, 0.15) is 5.75 Å². The van der Waals surface area contributed by atoms with Crippen molar-refractivity contribution >= 4 is 23.1 Å². The monoisotopic (exact) mass is 437 g/mol. The van der Waals surface area contributed by atoms with Gasteiger partial charge < -0.3 is 15.2 Å². The molecule has 2 aromatic rings. The Labute approximate surface area is 186 Å². The summed E-state index contributed by atoms with van der Waals surface area (Å²) < 4.78 is 5.56. The van der Waals surface area contributed by atoms with Gasteiger partial charge in [0.15, 0.2) is 5.78 Å². The Morgan fingerprint density at radius 2 is 2.06 bits per heavy atom. The van der Waals surface area contributed by atoms with Gasteiger partial charge in [-0.25, -0.2) is 4.79 Å². The van der Waals surface area contributed by atoms with Crippen LogP contribution in [0.1, 0.15) is 55.9 Å². The summed E-state index contributed by atoms with van der Waals surface area (Å²) in [7, 11) is 0. The van der Waals surface area contributed by atoms with E-state index in [4.69, 9.17) is 4.74 Å². The fraction of sp³-hybridized carbons (Fsp3) is 0.360. The van der Waals surface area contributed by atoms with E-state index in [0.717, 1.165) is 5.70 Å². The predicted molar refractivity (Wildman–Crippen MR) is 121 cm³/mol. The van der Waals surface area contributed by atoms with Crippen molar-refractivity contribution in [2.75, 3.05) is 6.61 Å². The van der Waals surface area contributed by atoms with Crippen molar-refractivity contribution in [3.05, 3.63) is 74.8 Å². The van der Waals surface area contributed by atoms with Crippen LogP contribution in [0.3, 0.4) is 0 Å². The van der Waals surface area contributed by atoms with Crippen molar-refractivity contribution in [2.24, 2.45) is 5.92 Å². The van der Waals surface area contributed by atoms with Crippen molar-refractivity contribution in [1.82, 2.24) is 5.32 Å². The molecule has 1 aliphatic carbocycles. The van der Waals surface area contributed by atoms with Gasteiger partial charge in [-0.15, -0.1) is 11.3 Å². The molecule has 5 nitrogen and oxygen atoms in total. The van der Waals surface area contributed by atoms with Crippen molar-refractivity contribution in [1.29, 1.82) is 0 Å². The van der Waals surface area contributed by atoms with Crippen molar-refractivity contribution in [3.8, 4) is 5.75 Å². The van der Waals surface area contributed by atoms with E-state index in [0.29, 0.717) is 41.9 Å². The third kappa shape index (κ3) is 4.30. The fourth-order valence-corrected chi connectivity index (χ4v) is 5.22. The van der Waals surface area contributed by atoms with Gasteiger partial charge in [-0.2, -0.15) is 0 Å². The van der Waals surface area contributed by atoms with Gasteiger partial charge in [0.25, 0.3) is 0 Å². The number of benzene rings is 1. The van der Waals surface area contributed by atoms with Crippen LogP contribution in [-0.2, 0) is 14.3 Å². The number of ketones is 1. The molecule has 0 fully saturated rings. The number of hydrogen-bond acceptors (Lipinski definition) is 6. The molecule has 4 rings (SSSR count). The molecule has 1 aliphatic heterocycles. The molecule has 2 N–H and O–H groups in total. The molecule has 0 radical (unpaired) electrons. The topological polar surface area (TPSA) is 75.6 Å². The quantitative estimate of drug-likeness (QED) is 0.643. The lowest BCUT2D eigenvalue weighted by Crippen LogP contribution is -2.36. The summed E-state index contributed by atoms with van der Waals surface area (Å²) in [6.07, 6.45) is 1.12. The number of carbonyl (C=O) groups is 2. The number of esters is 1. The first-order valence-electron chi connectivity index (χ1n) is 10.6. The Kier molecular flexibility index (Phi) is 6.01. The number of rotatable bonds is 5. The average Bonchev–Trinajstić information content (AvgIpc) is 3.25. The highest BCUT2D eigenvalue weighted by molar-refractivity contribution is 7.10. The number of Topliss-reactive ketones (excluding diaryl/α,β-unsaturated/α-hetero) is 1. The summed E-state index contributed by atoms with van der Waals surface area (Å²) in [5.41, 5.74) is 3.32. The van der Waals surface area contributed by atoms with Gasteiger partial charge in [-0.05, 0) is 48.4 Å². The third-order valence-corrected chi connectivity index (χ3v) is 6.78. The number of dihydropyridines is 1. The first-order valence-corrected chi connectivity index (χ1v) is 11.5. The molecule has 162 valence electrons. The number of phenolic OH excluding ortho intramolecular Hbond substituents is 1. The van der Waals surface area contributed by atoms with Crippen molar-refractivity contribution in [3.63, 3.8) is 0 Å². The van der Waals surface area contributed by atoms with E-state index < -0.39 is 11.9 Å². The minimum atomic E-state index is -0.556. The molecule has 2 heterocycles. The standard InChI is InChI=1S/C25H27NO4S/c1-14(2)13-30-25(29)22-15(3)26-19-11-17(21-8-5-9-31-21)12-20(28)24(19)23(22)16-6-4-7-18(27)10-16/h4-10,14,17,23,26-27H,11-13H2,1-3H3. The Morgan fingerprint density at radius 3 is 2.74 bits per heavy atom. The number of nitrogens with one attached hydrogen (secondary N) is 1. The lowest BCUT2D eigenvalue weighted by atomic mass is 9.72. The first kappa shape index (κ1) is 21.4. The van der Waals surface area contributed by atoms with E-state index >= 15 is 0 Å². The number of aromatic hydroxyl groups is 1. The minimum absolute atomic E-state index is 0.0298. The highest BCUT2D eigenvalue weighted by Gasteiger charge is 2.41. The van der Waals surface area contributed by atoms with Gasteiger partial charge in [0.05, 0.1) is 12.2 Å². The van der Waals surface area contributed by atoms with Crippen LogP contribution >= 0.6 is 11.3 Å². The molecule has 0 spiro atoms. The number of hydrogen-bond donors (Lipinski definition) is 2. The normalized spacial score (nSPS) is 21.2. The summed E-state index contributed by atoms with van der Waals surface area (Å²) >= 11 is 1.66. The van der Waals surface area contributed by atoms with Gasteiger partial charge in [-0.1, -0.05) is 32.0 Å². The molecule has 0 saturated carbocycles. The Balaban J connectivity index is 1.77. The zero-order valence-electron chi connectivity index (χ0n) is 18.0. The fourth-order valence-electron chi connectivity index (χ4n) is 4.39. The summed E-state index contributed by atoms with van der Waals surface area (Å²) in [5, 5.41) is 15.5. The lowest BCUT2D eigenvalue weighted by molar-refractivity contribution is -0.140. The second kappa shape index (κ2) is 8.71. The summed E-state index contributed by atoms with van der Waals surface area (Å²) in [4.78, 5) is 27.7. The van der Waals surface area contributed by atoms with Crippen molar-refractivity contribution < 1.29 is 19.4 Å². The van der Waals surface area contributed by atoms with Crippen LogP contribution in [0, 0.1) is 5.92 Å². The molecule has 31 heavy (non-hydrogen) atoms. The van der Waals surface area contributed by atoms with E-state index in [1.165, 1.54) is 4.88 Å². The summed E-state index contributed by atoms with van der Waals surface area (Å²) in [5.74, 6) is -0.511. The number of ether oxygens (including phenoxy) is 1. The van der Waals surface area contributed by atoms with E-state index in [1.54, 1.807) is 29.5 Å². The molecule has 2 unspecified atom stereocenters. The largest absolute Gasteiger partial charge is 0.508 e. The second-order valence-corrected chi connectivity index (χ2v) is 9.60. The van der Waals surface area contributed by atoms with Crippen LogP contribution in [0.4, 0.5) is 0 Å². The molecule has 1 aromatic carbocycles. The van der Waals surface area contributed by atoms with Gasteiger partial charge >= 0.3 is 5.97 Å². The van der Waals surface area contributed by atoms with Crippen molar-refractivity contribution in [2.45, 2.75) is 45.4 Å². The SMILES string of the molecule is CC1=C(C(=O)OCC(C)C)C(c2cccc(O)c2)C2=C(CC(c3cccs3)CC2=O)N1. The molecular formula is C25H27NO4S. The molecule has 1 aromatic heterocycles.